The molecule has 2 aromatic rings. The third-order valence-electron chi connectivity index (χ3n) is 2.43. The van der Waals surface area contributed by atoms with Crippen LogP contribution in [-0.4, -0.2) is 15.0 Å². The molecule has 0 N–H and O–H groups in total. The van der Waals surface area contributed by atoms with Crippen molar-refractivity contribution in [3.8, 4) is 0 Å². The lowest BCUT2D eigenvalue weighted by Crippen LogP contribution is -1.96. The van der Waals surface area contributed by atoms with Gasteiger partial charge in [0.1, 0.15) is 5.52 Å². The van der Waals surface area contributed by atoms with Gasteiger partial charge in [-0.3, -0.25) is 0 Å². The van der Waals surface area contributed by atoms with Crippen molar-refractivity contribution in [1.82, 2.24) is 15.0 Å². The van der Waals surface area contributed by atoms with Gasteiger partial charge in [0.05, 0.1) is 5.52 Å². The summed E-state index contributed by atoms with van der Waals surface area (Å²) in [5, 5.41) is 8.17. The average Bonchev–Trinajstić information content (AvgIpc) is 2.48. The molecule has 2 rings (SSSR count). The molecular weight excluding hydrogens is 162 g/mol. The average molecular weight is 175 g/mol. The van der Waals surface area contributed by atoms with Crippen molar-refractivity contribution in [3.63, 3.8) is 0 Å². The Hall–Kier alpha value is -1.38. The van der Waals surface area contributed by atoms with Crippen LogP contribution in [0.3, 0.4) is 0 Å². The molecule has 0 aliphatic carbocycles. The van der Waals surface area contributed by atoms with Crippen LogP contribution >= 0.6 is 0 Å². The third-order valence-corrected chi connectivity index (χ3v) is 2.43. The molecule has 1 aromatic carbocycles. The second kappa shape index (κ2) is 2.83. The number of hydrogen-bond donors (Lipinski definition) is 0. The summed E-state index contributed by atoms with van der Waals surface area (Å²) >= 11 is 0. The van der Waals surface area contributed by atoms with Crippen molar-refractivity contribution < 1.29 is 0 Å². The van der Waals surface area contributed by atoms with E-state index in [-0.39, 0.29) is 0 Å². The van der Waals surface area contributed by atoms with Gasteiger partial charge < -0.3 is 0 Å². The predicted molar refractivity (Wildman–Crippen MR) is 52.7 cm³/mol. The molecule has 1 aromatic heterocycles. The molecule has 0 radical (unpaired) electrons. The van der Waals surface area contributed by atoms with E-state index in [9.17, 15) is 0 Å². The Bertz CT molecular complexity index is 443. The van der Waals surface area contributed by atoms with Gasteiger partial charge in [0, 0.05) is 6.54 Å². The summed E-state index contributed by atoms with van der Waals surface area (Å²) in [4.78, 5) is 0. The number of benzene rings is 1. The SMILES string of the molecule is CCn1nnc2cc(C)c(C)cc21. The highest BCUT2D eigenvalue weighted by atomic mass is 15.4. The first-order valence-corrected chi connectivity index (χ1v) is 4.53. The maximum absolute atomic E-state index is 4.10. The van der Waals surface area contributed by atoms with Crippen molar-refractivity contribution in [2.75, 3.05) is 0 Å². The van der Waals surface area contributed by atoms with E-state index in [1.54, 1.807) is 0 Å². The van der Waals surface area contributed by atoms with Crippen molar-refractivity contribution in [1.29, 1.82) is 0 Å². The van der Waals surface area contributed by atoms with Crippen molar-refractivity contribution in [2.45, 2.75) is 27.3 Å². The van der Waals surface area contributed by atoms with Crippen LogP contribution in [0.2, 0.25) is 0 Å². The quantitative estimate of drug-likeness (QED) is 0.664. The minimum Gasteiger partial charge on any atom is -0.245 e. The lowest BCUT2D eigenvalue weighted by molar-refractivity contribution is 0.646. The summed E-state index contributed by atoms with van der Waals surface area (Å²) < 4.78 is 1.92. The Morgan fingerprint density at radius 3 is 2.62 bits per heavy atom. The maximum atomic E-state index is 4.10. The standard InChI is InChI=1S/C10H13N3/c1-4-13-10-6-8(3)7(2)5-9(10)11-12-13/h5-6H,4H2,1-3H3. The van der Waals surface area contributed by atoms with Crippen LogP contribution in [0.4, 0.5) is 0 Å². The fourth-order valence-electron chi connectivity index (χ4n) is 1.46. The molecule has 0 saturated heterocycles. The first kappa shape index (κ1) is 8.23. The van der Waals surface area contributed by atoms with Gasteiger partial charge in [-0.05, 0) is 44.0 Å². The highest BCUT2D eigenvalue weighted by Crippen LogP contribution is 2.16. The smallest absolute Gasteiger partial charge is 0.113 e. The Balaban J connectivity index is 2.77. The molecule has 0 bridgehead atoms. The second-order valence-corrected chi connectivity index (χ2v) is 3.33. The number of aromatic nitrogens is 3. The molecular formula is C10H13N3. The molecule has 0 amide bonds. The molecule has 3 heteroatoms. The molecule has 0 fully saturated rings. The molecule has 3 nitrogen and oxygen atoms in total. The van der Waals surface area contributed by atoms with Gasteiger partial charge in [-0.1, -0.05) is 5.21 Å². The summed E-state index contributed by atoms with van der Waals surface area (Å²) in [6.45, 7) is 7.16. The number of aryl methyl sites for hydroxylation is 3. The highest BCUT2D eigenvalue weighted by molar-refractivity contribution is 5.76. The van der Waals surface area contributed by atoms with Crippen molar-refractivity contribution >= 4 is 11.0 Å². The van der Waals surface area contributed by atoms with E-state index >= 15 is 0 Å². The second-order valence-electron chi connectivity index (χ2n) is 3.33. The van der Waals surface area contributed by atoms with Crippen LogP contribution in [-0.2, 0) is 6.54 Å². The summed E-state index contributed by atoms with van der Waals surface area (Å²) in [6.07, 6.45) is 0. The zero-order valence-electron chi connectivity index (χ0n) is 8.20. The lowest BCUT2D eigenvalue weighted by atomic mass is 10.1. The Morgan fingerprint density at radius 1 is 1.23 bits per heavy atom. The Morgan fingerprint density at radius 2 is 1.92 bits per heavy atom. The molecule has 0 unspecified atom stereocenters. The van der Waals surface area contributed by atoms with Crippen LogP contribution in [0.15, 0.2) is 12.1 Å². The van der Waals surface area contributed by atoms with E-state index in [4.69, 9.17) is 0 Å². The van der Waals surface area contributed by atoms with Crippen LogP contribution in [0.5, 0.6) is 0 Å². The number of rotatable bonds is 1. The number of fused-ring (bicyclic) bond motifs is 1. The van der Waals surface area contributed by atoms with E-state index in [1.165, 1.54) is 11.1 Å². The van der Waals surface area contributed by atoms with Crippen LogP contribution < -0.4 is 0 Å². The zero-order valence-corrected chi connectivity index (χ0v) is 8.20. The van der Waals surface area contributed by atoms with Crippen LogP contribution in [0.25, 0.3) is 11.0 Å². The fourth-order valence-corrected chi connectivity index (χ4v) is 1.46. The highest BCUT2D eigenvalue weighted by Gasteiger charge is 2.04. The van der Waals surface area contributed by atoms with Crippen LogP contribution in [0.1, 0.15) is 18.1 Å². The molecule has 0 atom stereocenters. The molecule has 13 heavy (non-hydrogen) atoms. The summed E-state index contributed by atoms with van der Waals surface area (Å²) in [7, 11) is 0. The fraction of sp³-hybridized carbons (Fsp3) is 0.400. The summed E-state index contributed by atoms with van der Waals surface area (Å²) in [6, 6.07) is 4.23. The van der Waals surface area contributed by atoms with Gasteiger partial charge in [-0.25, -0.2) is 4.68 Å². The van der Waals surface area contributed by atoms with Gasteiger partial charge in [-0.15, -0.1) is 5.10 Å². The summed E-state index contributed by atoms with van der Waals surface area (Å²) in [5.41, 5.74) is 4.69. The van der Waals surface area contributed by atoms with Gasteiger partial charge in [0.25, 0.3) is 0 Å². The molecule has 0 spiro atoms. The van der Waals surface area contributed by atoms with E-state index in [1.807, 2.05) is 4.68 Å². The van der Waals surface area contributed by atoms with E-state index in [0.29, 0.717) is 0 Å². The minimum atomic E-state index is 0.874. The molecule has 0 aliphatic rings. The summed E-state index contributed by atoms with van der Waals surface area (Å²) in [5.74, 6) is 0. The third kappa shape index (κ3) is 1.20. The molecule has 0 aliphatic heterocycles. The van der Waals surface area contributed by atoms with Gasteiger partial charge in [-0.2, -0.15) is 0 Å². The largest absolute Gasteiger partial charge is 0.245 e. The molecule has 68 valence electrons. The number of nitrogens with zero attached hydrogens (tertiary/aromatic N) is 3. The van der Waals surface area contributed by atoms with E-state index < -0.39 is 0 Å². The van der Waals surface area contributed by atoms with Crippen molar-refractivity contribution in [2.24, 2.45) is 0 Å². The van der Waals surface area contributed by atoms with E-state index in [2.05, 4.69) is 43.2 Å². The number of hydrogen-bond acceptors (Lipinski definition) is 2. The monoisotopic (exact) mass is 175 g/mol. The first-order chi connectivity index (χ1) is 6.22. The van der Waals surface area contributed by atoms with Crippen LogP contribution in [0, 0.1) is 13.8 Å². The molecule has 0 saturated carbocycles. The topological polar surface area (TPSA) is 30.7 Å². The predicted octanol–water partition coefficient (Wildman–Crippen LogP) is 2.07. The maximum Gasteiger partial charge on any atom is 0.113 e. The van der Waals surface area contributed by atoms with Gasteiger partial charge in [0.15, 0.2) is 0 Å². The lowest BCUT2D eigenvalue weighted by Gasteiger charge is -2.00. The Labute approximate surface area is 77.4 Å². The normalized spacial score (nSPS) is 11.0. The van der Waals surface area contributed by atoms with E-state index in [0.717, 1.165) is 17.6 Å². The van der Waals surface area contributed by atoms with Gasteiger partial charge >= 0.3 is 0 Å². The minimum absolute atomic E-state index is 0.874. The first-order valence-electron chi connectivity index (χ1n) is 4.53. The van der Waals surface area contributed by atoms with Crippen molar-refractivity contribution in [3.05, 3.63) is 23.3 Å². The Kier molecular flexibility index (Phi) is 1.79. The zero-order chi connectivity index (χ0) is 9.42. The van der Waals surface area contributed by atoms with Gasteiger partial charge in [0.2, 0.25) is 0 Å². The molecule has 1 heterocycles.